The smallest absolute Gasteiger partial charge is 0.293 e. The van der Waals surface area contributed by atoms with E-state index in [9.17, 15) is 4.79 Å². The van der Waals surface area contributed by atoms with Crippen LogP contribution in [0.5, 0.6) is 5.75 Å². The first-order valence-corrected chi connectivity index (χ1v) is 7.88. The second-order valence-electron chi connectivity index (χ2n) is 4.38. The van der Waals surface area contributed by atoms with Crippen LogP contribution < -0.4 is 15.4 Å². The zero-order chi connectivity index (χ0) is 16.7. The van der Waals surface area contributed by atoms with Crippen molar-refractivity contribution < 1.29 is 18.7 Å². The predicted molar refractivity (Wildman–Crippen MR) is 93.9 cm³/mol. The van der Waals surface area contributed by atoms with E-state index in [4.69, 9.17) is 26.1 Å². The molecule has 23 heavy (non-hydrogen) atoms. The molecule has 0 saturated heterocycles. The van der Waals surface area contributed by atoms with E-state index in [0.29, 0.717) is 29.3 Å². The highest BCUT2D eigenvalue weighted by Crippen LogP contribution is 2.17. The second-order valence-corrected chi connectivity index (χ2v) is 5.57. The number of rotatable bonds is 6. The summed E-state index contributed by atoms with van der Waals surface area (Å²) in [5, 5.41) is 5.61. The number of halogens is 1. The topological polar surface area (TPSA) is 72.7 Å². The molecule has 0 radical (unpaired) electrons. The van der Waals surface area contributed by atoms with Gasteiger partial charge in [-0.2, -0.15) is 0 Å². The molecule has 0 atom stereocenters. The Morgan fingerprint density at radius 1 is 1.30 bits per heavy atom. The molecule has 0 aliphatic heterocycles. The highest BCUT2D eigenvalue weighted by Gasteiger charge is 2.12. The summed E-state index contributed by atoms with van der Waals surface area (Å²) in [6.45, 7) is 0.958. The summed E-state index contributed by atoms with van der Waals surface area (Å²) in [5.74, 6) is 0.412. The number of hydrogen-bond donors (Lipinski definition) is 2. The number of carbonyl (C=O) groups is 1. The summed E-state index contributed by atoms with van der Waals surface area (Å²) in [7, 11) is 1.61. The molecular weight excluding hydrogens is 384 g/mol. The van der Waals surface area contributed by atoms with Gasteiger partial charge in [0.2, 0.25) is 0 Å². The molecule has 0 aliphatic rings. The lowest BCUT2D eigenvalue weighted by atomic mass is 10.3. The molecule has 1 aromatic carbocycles. The molecule has 2 rings (SSSR count). The summed E-state index contributed by atoms with van der Waals surface area (Å²) in [6, 6.07) is 10.4. The van der Waals surface area contributed by atoms with Gasteiger partial charge >= 0.3 is 0 Å². The molecule has 8 heteroatoms. The molecule has 0 bridgehead atoms. The number of anilines is 1. The van der Waals surface area contributed by atoms with E-state index in [1.54, 1.807) is 25.3 Å². The molecule has 0 saturated carbocycles. The van der Waals surface area contributed by atoms with E-state index in [0.717, 1.165) is 0 Å². The molecule has 1 amide bonds. The number of hydrogen-bond acceptors (Lipinski definition) is 5. The van der Waals surface area contributed by atoms with E-state index >= 15 is 0 Å². The van der Waals surface area contributed by atoms with E-state index in [-0.39, 0.29) is 10.9 Å². The highest BCUT2D eigenvalue weighted by molar-refractivity contribution is 9.10. The highest BCUT2D eigenvalue weighted by atomic mass is 79.9. The molecule has 6 nitrogen and oxygen atoms in total. The summed E-state index contributed by atoms with van der Waals surface area (Å²) in [5.41, 5.74) is 0.700. The number of furan rings is 1. The van der Waals surface area contributed by atoms with Crippen LogP contribution in [0.1, 0.15) is 10.6 Å². The number of ether oxygens (including phenoxy) is 2. The van der Waals surface area contributed by atoms with Crippen LogP contribution in [0, 0.1) is 0 Å². The van der Waals surface area contributed by atoms with E-state index < -0.39 is 5.91 Å². The number of nitrogens with one attached hydrogen (secondary N) is 2. The van der Waals surface area contributed by atoms with E-state index in [1.807, 2.05) is 18.2 Å². The minimum absolute atomic E-state index is 0.163. The Morgan fingerprint density at radius 3 is 2.83 bits per heavy atom. The first kappa shape index (κ1) is 17.5. The lowest BCUT2D eigenvalue weighted by Crippen LogP contribution is -2.33. The Bertz CT molecular complexity index is 690. The Balaban J connectivity index is 1.89. The normalized spacial score (nSPS) is 10.2. The zero-order valence-electron chi connectivity index (χ0n) is 12.3. The van der Waals surface area contributed by atoms with Gasteiger partial charge in [0.05, 0.1) is 6.61 Å². The lowest BCUT2D eigenvalue weighted by Gasteiger charge is -2.10. The molecule has 0 spiro atoms. The Morgan fingerprint density at radius 2 is 2.13 bits per heavy atom. The summed E-state index contributed by atoms with van der Waals surface area (Å²) < 4.78 is 16.1. The number of benzene rings is 1. The molecule has 122 valence electrons. The third kappa shape index (κ3) is 5.66. The number of amides is 1. The van der Waals surface area contributed by atoms with Gasteiger partial charge in [-0.1, -0.05) is 6.07 Å². The maximum atomic E-state index is 11.9. The standard InChI is InChI=1S/C15H15BrN2O4S/c1-20-7-8-21-11-4-2-3-10(9-11)17-15(23)18-14(19)12-5-6-13(16)22-12/h2-6,9H,7-8H2,1H3,(H2,17,18,19,23). The molecule has 0 unspecified atom stereocenters. The zero-order valence-corrected chi connectivity index (χ0v) is 14.7. The van der Waals surface area contributed by atoms with Crippen LogP contribution in [-0.4, -0.2) is 31.3 Å². The Labute approximate surface area is 147 Å². The van der Waals surface area contributed by atoms with E-state index in [1.165, 1.54) is 0 Å². The van der Waals surface area contributed by atoms with Crippen LogP contribution in [0.25, 0.3) is 0 Å². The van der Waals surface area contributed by atoms with Gasteiger partial charge in [-0.3, -0.25) is 10.1 Å². The largest absolute Gasteiger partial charge is 0.491 e. The molecule has 2 N–H and O–H groups in total. The van der Waals surface area contributed by atoms with Crippen LogP contribution in [0.4, 0.5) is 5.69 Å². The maximum absolute atomic E-state index is 11.9. The molecule has 0 fully saturated rings. The molecule has 1 aromatic heterocycles. The van der Waals surface area contributed by atoms with Crippen molar-refractivity contribution in [2.75, 3.05) is 25.6 Å². The minimum Gasteiger partial charge on any atom is -0.491 e. The van der Waals surface area contributed by atoms with Crippen molar-refractivity contribution in [3.05, 3.63) is 46.8 Å². The van der Waals surface area contributed by atoms with Crippen LogP contribution in [-0.2, 0) is 4.74 Å². The van der Waals surface area contributed by atoms with Crippen molar-refractivity contribution in [2.24, 2.45) is 0 Å². The number of methoxy groups -OCH3 is 1. The molecular formula is C15H15BrN2O4S. The monoisotopic (exact) mass is 398 g/mol. The SMILES string of the molecule is COCCOc1cccc(NC(=S)NC(=O)c2ccc(Br)o2)c1. The third-order valence-corrected chi connectivity index (χ3v) is 3.30. The van der Waals surface area contributed by atoms with E-state index in [2.05, 4.69) is 26.6 Å². The molecule has 0 aliphatic carbocycles. The summed E-state index contributed by atoms with van der Waals surface area (Å²) in [6.07, 6.45) is 0. The van der Waals surface area contributed by atoms with Gasteiger partial charge in [0.25, 0.3) is 5.91 Å². The van der Waals surface area contributed by atoms with Gasteiger partial charge in [-0.25, -0.2) is 0 Å². The fourth-order valence-electron chi connectivity index (χ4n) is 1.67. The minimum atomic E-state index is -0.430. The van der Waals surface area contributed by atoms with Crippen molar-refractivity contribution in [1.29, 1.82) is 0 Å². The van der Waals surface area contributed by atoms with Crippen LogP contribution in [0.3, 0.4) is 0 Å². The first-order valence-electron chi connectivity index (χ1n) is 6.68. The van der Waals surface area contributed by atoms with Gasteiger partial charge in [0, 0.05) is 18.9 Å². The summed E-state index contributed by atoms with van der Waals surface area (Å²) >= 11 is 8.25. The van der Waals surface area contributed by atoms with Gasteiger partial charge < -0.3 is 19.2 Å². The predicted octanol–water partition coefficient (Wildman–Crippen LogP) is 3.19. The quantitative estimate of drug-likeness (QED) is 0.574. The lowest BCUT2D eigenvalue weighted by molar-refractivity contribution is 0.0949. The van der Waals surface area contributed by atoms with Crippen LogP contribution in [0.15, 0.2) is 45.5 Å². The second kappa shape index (κ2) is 8.66. The van der Waals surface area contributed by atoms with Gasteiger partial charge in [0.1, 0.15) is 12.4 Å². The van der Waals surface area contributed by atoms with Crippen molar-refractivity contribution in [3.8, 4) is 5.75 Å². The van der Waals surface area contributed by atoms with Crippen molar-refractivity contribution in [1.82, 2.24) is 5.32 Å². The van der Waals surface area contributed by atoms with Gasteiger partial charge in [-0.05, 0) is 52.4 Å². The average molecular weight is 399 g/mol. The Kier molecular flexibility index (Phi) is 6.57. The van der Waals surface area contributed by atoms with Gasteiger partial charge in [0.15, 0.2) is 15.5 Å². The van der Waals surface area contributed by atoms with Crippen molar-refractivity contribution in [3.63, 3.8) is 0 Å². The molecule has 2 aromatic rings. The van der Waals surface area contributed by atoms with Gasteiger partial charge in [-0.15, -0.1) is 0 Å². The van der Waals surface area contributed by atoms with Crippen molar-refractivity contribution in [2.45, 2.75) is 0 Å². The van der Waals surface area contributed by atoms with Crippen LogP contribution in [0.2, 0.25) is 0 Å². The summed E-state index contributed by atoms with van der Waals surface area (Å²) in [4.78, 5) is 11.9. The fraction of sp³-hybridized carbons (Fsp3) is 0.200. The average Bonchev–Trinajstić information content (AvgIpc) is 2.94. The number of carbonyl (C=O) groups excluding carboxylic acids is 1. The first-order chi connectivity index (χ1) is 11.1. The Hall–Kier alpha value is -1.90. The van der Waals surface area contributed by atoms with Crippen LogP contribution >= 0.6 is 28.1 Å². The fourth-order valence-corrected chi connectivity index (χ4v) is 2.19. The number of thiocarbonyl (C=S) groups is 1. The van der Waals surface area contributed by atoms with Crippen molar-refractivity contribution >= 4 is 44.9 Å². The maximum Gasteiger partial charge on any atom is 0.293 e. The third-order valence-electron chi connectivity index (χ3n) is 2.67. The molecule has 1 heterocycles.